The zero-order valence-electron chi connectivity index (χ0n) is 26.7. The number of aromatic nitrogens is 3. The average Bonchev–Trinajstić information content (AvgIpc) is 3.77. The lowest BCUT2D eigenvalue weighted by molar-refractivity contribution is 0.668. The third-order valence-corrected chi connectivity index (χ3v) is 9.36. The first-order valence-electron chi connectivity index (χ1n) is 16.6. The number of fused-ring (bicyclic) bond motifs is 6. The molecule has 0 N–H and O–H groups in total. The number of rotatable bonds is 5. The van der Waals surface area contributed by atoms with E-state index >= 15 is 0 Å². The maximum absolute atomic E-state index is 6.51. The highest BCUT2D eigenvalue weighted by Crippen LogP contribution is 2.41. The van der Waals surface area contributed by atoms with Gasteiger partial charge >= 0.3 is 0 Å². The lowest BCUT2D eigenvalue weighted by atomic mass is 9.96. The molecule has 0 fully saturated rings. The predicted molar refractivity (Wildman–Crippen MR) is 202 cm³/mol. The van der Waals surface area contributed by atoms with Crippen molar-refractivity contribution in [1.82, 2.24) is 15.0 Å². The van der Waals surface area contributed by atoms with Crippen LogP contribution in [-0.4, -0.2) is 15.0 Å². The predicted octanol–water partition coefficient (Wildman–Crippen LogP) is 12.0. The van der Waals surface area contributed by atoms with E-state index in [-0.39, 0.29) is 0 Å². The summed E-state index contributed by atoms with van der Waals surface area (Å²) in [4.78, 5) is 15.5. The smallest absolute Gasteiger partial charge is 0.164 e. The van der Waals surface area contributed by atoms with Crippen molar-refractivity contribution >= 4 is 43.9 Å². The van der Waals surface area contributed by atoms with Crippen molar-refractivity contribution in [3.8, 4) is 56.4 Å². The molecule has 0 bridgehead atoms. The molecule has 0 atom stereocenters. The first-order chi connectivity index (χ1) is 24.8. The molecule has 0 spiro atoms. The third kappa shape index (κ3) is 4.67. The molecule has 7 aromatic carbocycles. The highest BCUT2D eigenvalue weighted by molar-refractivity contribution is 6.14. The van der Waals surface area contributed by atoms with Gasteiger partial charge in [0.25, 0.3) is 0 Å². The highest BCUT2D eigenvalue weighted by atomic mass is 16.3. The van der Waals surface area contributed by atoms with Crippen LogP contribution in [0.1, 0.15) is 0 Å². The van der Waals surface area contributed by atoms with Crippen molar-refractivity contribution in [3.63, 3.8) is 0 Å². The summed E-state index contributed by atoms with van der Waals surface area (Å²) in [5, 5.41) is 3.97. The fraction of sp³-hybridized carbons (Fsp3) is 0. The van der Waals surface area contributed by atoms with Crippen molar-refractivity contribution in [2.45, 2.75) is 0 Å². The number of furan rings is 2. The number of nitrogens with zero attached hydrogens (tertiary/aromatic N) is 3. The van der Waals surface area contributed by atoms with Gasteiger partial charge in [0.2, 0.25) is 0 Å². The lowest BCUT2D eigenvalue weighted by Gasteiger charge is -2.12. The molecule has 0 aliphatic heterocycles. The van der Waals surface area contributed by atoms with Crippen LogP contribution in [0.4, 0.5) is 0 Å². The summed E-state index contributed by atoms with van der Waals surface area (Å²) in [6.45, 7) is 0. The molecule has 0 saturated heterocycles. The fourth-order valence-electron chi connectivity index (χ4n) is 6.98. The minimum absolute atomic E-state index is 0.568. The molecule has 0 radical (unpaired) electrons. The normalized spacial score (nSPS) is 11.6. The molecule has 10 rings (SSSR count). The van der Waals surface area contributed by atoms with Gasteiger partial charge in [0.1, 0.15) is 22.3 Å². The Balaban J connectivity index is 1.24. The Bertz CT molecular complexity index is 2850. The summed E-state index contributed by atoms with van der Waals surface area (Å²) in [6.07, 6.45) is 0. The van der Waals surface area contributed by atoms with Gasteiger partial charge in [0.05, 0.1) is 0 Å². The Morgan fingerprint density at radius 2 is 0.780 bits per heavy atom. The van der Waals surface area contributed by atoms with Crippen molar-refractivity contribution in [2.75, 3.05) is 0 Å². The third-order valence-electron chi connectivity index (χ3n) is 9.36. The second kappa shape index (κ2) is 11.4. The Kier molecular flexibility index (Phi) is 6.42. The van der Waals surface area contributed by atoms with Crippen LogP contribution in [0.5, 0.6) is 0 Å². The summed E-state index contributed by atoms with van der Waals surface area (Å²) < 4.78 is 12.8. The van der Waals surface area contributed by atoms with E-state index in [9.17, 15) is 0 Å². The van der Waals surface area contributed by atoms with Gasteiger partial charge in [-0.05, 0) is 52.6 Å². The monoisotopic (exact) mass is 641 g/mol. The van der Waals surface area contributed by atoms with Gasteiger partial charge in [0.15, 0.2) is 17.5 Å². The van der Waals surface area contributed by atoms with Crippen LogP contribution in [0, 0.1) is 0 Å². The number of benzene rings is 7. The number of hydrogen-bond donors (Lipinski definition) is 0. The first kappa shape index (κ1) is 28.2. The van der Waals surface area contributed by atoms with Crippen LogP contribution in [0.2, 0.25) is 0 Å². The standard InChI is InChI=1S/C45H27N3O2/c1-3-12-28(13-4-1)29-22-24-30(25-23-29)32-26-36(42-34-17-8-10-20-38(34)50-40(42)27-32)45-47-43(31-14-5-2-6-15-31)46-44(48-45)35-18-11-21-39-41(35)33-16-7-9-19-37(33)49-39/h1-27H. The molecular formula is C45H27N3O2. The molecule has 3 heterocycles. The van der Waals surface area contributed by atoms with E-state index in [1.807, 2.05) is 84.9 Å². The largest absolute Gasteiger partial charge is 0.456 e. The molecule has 5 nitrogen and oxygen atoms in total. The topological polar surface area (TPSA) is 65.0 Å². The summed E-state index contributed by atoms with van der Waals surface area (Å²) >= 11 is 0. The zero-order valence-corrected chi connectivity index (χ0v) is 26.7. The van der Waals surface area contributed by atoms with E-state index in [0.717, 1.165) is 77.3 Å². The van der Waals surface area contributed by atoms with Gasteiger partial charge in [-0.2, -0.15) is 0 Å². The fourth-order valence-corrected chi connectivity index (χ4v) is 6.98. The van der Waals surface area contributed by atoms with Crippen LogP contribution < -0.4 is 0 Å². The van der Waals surface area contributed by atoms with E-state index < -0.39 is 0 Å². The molecule has 0 aliphatic carbocycles. The van der Waals surface area contributed by atoms with E-state index in [1.165, 1.54) is 5.56 Å². The molecule has 0 unspecified atom stereocenters. The Hall–Kier alpha value is -6.85. The molecule has 50 heavy (non-hydrogen) atoms. The molecule has 234 valence electrons. The SMILES string of the molecule is c1ccc(-c2ccc(-c3cc(-c4nc(-c5ccccc5)nc(-c5cccc6oc7ccccc7c56)n4)c4c(c3)oc3ccccc34)cc2)cc1. The van der Waals surface area contributed by atoms with Crippen molar-refractivity contribution in [2.24, 2.45) is 0 Å². The van der Waals surface area contributed by atoms with Gasteiger partial charge < -0.3 is 8.83 Å². The number of hydrogen-bond acceptors (Lipinski definition) is 5. The molecular weight excluding hydrogens is 615 g/mol. The Morgan fingerprint density at radius 1 is 0.300 bits per heavy atom. The maximum Gasteiger partial charge on any atom is 0.164 e. The van der Waals surface area contributed by atoms with Crippen molar-refractivity contribution in [1.29, 1.82) is 0 Å². The van der Waals surface area contributed by atoms with Crippen LogP contribution >= 0.6 is 0 Å². The molecule has 0 aliphatic rings. The average molecular weight is 642 g/mol. The van der Waals surface area contributed by atoms with Crippen LogP contribution in [0.3, 0.4) is 0 Å². The first-order valence-corrected chi connectivity index (χ1v) is 16.6. The maximum atomic E-state index is 6.51. The van der Waals surface area contributed by atoms with Crippen LogP contribution in [0.25, 0.3) is 100 Å². The van der Waals surface area contributed by atoms with E-state index in [1.54, 1.807) is 0 Å². The van der Waals surface area contributed by atoms with Gasteiger partial charge in [-0.15, -0.1) is 0 Å². The van der Waals surface area contributed by atoms with Crippen molar-refractivity contribution in [3.05, 3.63) is 164 Å². The van der Waals surface area contributed by atoms with Gasteiger partial charge in [-0.3, -0.25) is 0 Å². The molecule has 3 aromatic heterocycles. The van der Waals surface area contributed by atoms with Gasteiger partial charge in [-0.1, -0.05) is 133 Å². The quantitative estimate of drug-likeness (QED) is 0.187. The molecule has 0 amide bonds. The summed E-state index contributed by atoms with van der Waals surface area (Å²) in [5.41, 5.74) is 10.3. The van der Waals surface area contributed by atoms with Gasteiger partial charge in [-0.25, -0.2) is 15.0 Å². The minimum Gasteiger partial charge on any atom is -0.456 e. The second-order valence-corrected chi connectivity index (χ2v) is 12.4. The molecule has 5 heteroatoms. The van der Waals surface area contributed by atoms with Crippen LogP contribution in [0.15, 0.2) is 173 Å². The van der Waals surface area contributed by atoms with Crippen molar-refractivity contribution < 1.29 is 8.83 Å². The van der Waals surface area contributed by atoms with E-state index in [4.69, 9.17) is 23.8 Å². The summed E-state index contributed by atoms with van der Waals surface area (Å²) in [6, 6.07) is 55.7. The Labute approximate surface area is 287 Å². The summed E-state index contributed by atoms with van der Waals surface area (Å²) in [7, 11) is 0. The number of para-hydroxylation sites is 2. The highest BCUT2D eigenvalue weighted by Gasteiger charge is 2.21. The lowest BCUT2D eigenvalue weighted by Crippen LogP contribution is -2.01. The molecule has 10 aromatic rings. The van der Waals surface area contributed by atoms with E-state index in [2.05, 4.69) is 78.9 Å². The second-order valence-electron chi connectivity index (χ2n) is 12.4. The van der Waals surface area contributed by atoms with Crippen LogP contribution in [-0.2, 0) is 0 Å². The summed E-state index contributed by atoms with van der Waals surface area (Å²) in [5.74, 6) is 1.73. The zero-order chi connectivity index (χ0) is 33.0. The Morgan fingerprint density at radius 3 is 1.46 bits per heavy atom. The molecule has 0 saturated carbocycles. The minimum atomic E-state index is 0.568. The van der Waals surface area contributed by atoms with Gasteiger partial charge in [0, 0.05) is 38.2 Å². The van der Waals surface area contributed by atoms with E-state index in [0.29, 0.717) is 17.5 Å².